The van der Waals surface area contributed by atoms with Crippen molar-refractivity contribution in [1.29, 1.82) is 0 Å². The van der Waals surface area contributed by atoms with Gasteiger partial charge in [0.1, 0.15) is 18.5 Å². The molecule has 1 saturated heterocycles. The number of hydrogen-bond acceptors (Lipinski definition) is 2. The molecule has 0 aliphatic carbocycles. The van der Waals surface area contributed by atoms with E-state index in [4.69, 9.17) is 9.47 Å². The second-order valence-corrected chi connectivity index (χ2v) is 5.77. The van der Waals surface area contributed by atoms with E-state index in [2.05, 4.69) is 37.3 Å². The zero-order valence-corrected chi connectivity index (χ0v) is 13.2. The van der Waals surface area contributed by atoms with Crippen LogP contribution in [0.25, 0.3) is 0 Å². The Morgan fingerprint density at radius 1 is 1.19 bits per heavy atom. The van der Waals surface area contributed by atoms with Gasteiger partial charge in [0.05, 0.1) is 6.61 Å². The summed E-state index contributed by atoms with van der Waals surface area (Å²) in [6.07, 6.45) is 13.7. The molecular weight excluding hydrogens is 260 g/mol. The molecule has 1 aromatic rings. The number of ether oxygens (including phenoxy) is 2. The molecule has 1 aliphatic rings. The molecule has 1 aliphatic heterocycles. The van der Waals surface area contributed by atoms with Gasteiger partial charge in [-0.25, -0.2) is 0 Å². The molecule has 0 saturated carbocycles. The van der Waals surface area contributed by atoms with Gasteiger partial charge in [-0.3, -0.25) is 0 Å². The molecule has 0 N–H and O–H groups in total. The lowest BCUT2D eigenvalue weighted by atomic mass is 10.1. The second kappa shape index (κ2) is 9.62. The third-order valence-electron chi connectivity index (χ3n) is 3.69. The highest BCUT2D eigenvalue weighted by Gasteiger charge is 2.22. The summed E-state index contributed by atoms with van der Waals surface area (Å²) in [5.74, 6) is 0.977. The first-order valence-corrected chi connectivity index (χ1v) is 8.37. The Morgan fingerprint density at radius 3 is 2.86 bits per heavy atom. The van der Waals surface area contributed by atoms with Crippen molar-refractivity contribution in [1.82, 2.24) is 0 Å². The van der Waals surface area contributed by atoms with E-state index in [1.807, 2.05) is 6.07 Å². The average Bonchev–Trinajstić information content (AvgIpc) is 3.33. The second-order valence-electron chi connectivity index (χ2n) is 5.77. The van der Waals surface area contributed by atoms with Crippen LogP contribution in [0.4, 0.5) is 0 Å². The van der Waals surface area contributed by atoms with E-state index in [0.717, 1.165) is 18.8 Å². The standard InChI is InChI=1S/C19H28O2/c1-2-3-4-5-6-7-8-9-11-17-12-10-13-18(14-17)20-15-19-16-21-19/h4-5,10,12-14,19H,2-3,6-9,11,15-16H2,1H3/b5-4+. The summed E-state index contributed by atoms with van der Waals surface area (Å²) in [4.78, 5) is 0. The van der Waals surface area contributed by atoms with Crippen molar-refractivity contribution in [3.05, 3.63) is 42.0 Å². The Kier molecular flexibility index (Phi) is 7.37. The van der Waals surface area contributed by atoms with Crippen molar-refractivity contribution in [3.63, 3.8) is 0 Å². The van der Waals surface area contributed by atoms with Gasteiger partial charge in [0, 0.05) is 0 Å². The maximum atomic E-state index is 5.72. The van der Waals surface area contributed by atoms with Crippen LogP contribution in [0, 0.1) is 0 Å². The van der Waals surface area contributed by atoms with Crippen LogP contribution < -0.4 is 4.74 Å². The Balaban J connectivity index is 1.57. The predicted molar refractivity (Wildman–Crippen MR) is 87.9 cm³/mol. The molecule has 0 amide bonds. The summed E-state index contributed by atoms with van der Waals surface area (Å²) < 4.78 is 10.9. The molecule has 1 fully saturated rings. The number of epoxide rings is 1. The van der Waals surface area contributed by atoms with Gasteiger partial charge in [-0.2, -0.15) is 0 Å². The van der Waals surface area contributed by atoms with Crippen LogP contribution in [0.15, 0.2) is 36.4 Å². The van der Waals surface area contributed by atoms with Crippen LogP contribution in [0.3, 0.4) is 0 Å². The van der Waals surface area contributed by atoms with E-state index in [1.54, 1.807) is 0 Å². The van der Waals surface area contributed by atoms with Crippen LogP contribution in [-0.2, 0) is 11.2 Å². The van der Waals surface area contributed by atoms with Crippen LogP contribution in [0.2, 0.25) is 0 Å². The van der Waals surface area contributed by atoms with Gasteiger partial charge >= 0.3 is 0 Å². The van der Waals surface area contributed by atoms with Gasteiger partial charge in [-0.1, -0.05) is 44.1 Å². The molecule has 116 valence electrons. The number of unbranched alkanes of at least 4 members (excludes halogenated alkanes) is 4. The minimum Gasteiger partial charge on any atom is -0.491 e. The third kappa shape index (κ3) is 7.33. The lowest BCUT2D eigenvalue weighted by Crippen LogP contribution is -2.04. The summed E-state index contributed by atoms with van der Waals surface area (Å²) in [5, 5.41) is 0. The molecule has 2 nitrogen and oxygen atoms in total. The molecule has 0 radical (unpaired) electrons. The van der Waals surface area contributed by atoms with Crippen molar-refractivity contribution in [2.75, 3.05) is 13.2 Å². The maximum absolute atomic E-state index is 5.72. The van der Waals surface area contributed by atoms with E-state index in [1.165, 1.54) is 44.1 Å². The van der Waals surface area contributed by atoms with Gasteiger partial charge in [-0.05, 0) is 49.8 Å². The van der Waals surface area contributed by atoms with E-state index in [0.29, 0.717) is 12.7 Å². The molecular formula is C19H28O2. The van der Waals surface area contributed by atoms with Crippen LogP contribution in [-0.4, -0.2) is 19.3 Å². The zero-order valence-electron chi connectivity index (χ0n) is 13.2. The summed E-state index contributed by atoms with van der Waals surface area (Å²) in [6.45, 7) is 3.76. The fourth-order valence-corrected chi connectivity index (χ4v) is 2.31. The smallest absolute Gasteiger partial charge is 0.119 e. The van der Waals surface area contributed by atoms with E-state index >= 15 is 0 Å². The summed E-state index contributed by atoms with van der Waals surface area (Å²) in [5.41, 5.74) is 1.38. The van der Waals surface area contributed by atoms with Crippen molar-refractivity contribution in [2.45, 2.75) is 58.0 Å². The number of benzene rings is 1. The van der Waals surface area contributed by atoms with Crippen molar-refractivity contribution >= 4 is 0 Å². The van der Waals surface area contributed by atoms with E-state index < -0.39 is 0 Å². The Hall–Kier alpha value is -1.28. The fourth-order valence-electron chi connectivity index (χ4n) is 2.31. The maximum Gasteiger partial charge on any atom is 0.119 e. The monoisotopic (exact) mass is 288 g/mol. The molecule has 2 heteroatoms. The van der Waals surface area contributed by atoms with Crippen molar-refractivity contribution in [3.8, 4) is 5.75 Å². The van der Waals surface area contributed by atoms with E-state index in [9.17, 15) is 0 Å². The van der Waals surface area contributed by atoms with Gasteiger partial charge in [0.15, 0.2) is 0 Å². The predicted octanol–water partition coefficient (Wildman–Crippen LogP) is 4.92. The highest BCUT2D eigenvalue weighted by molar-refractivity contribution is 5.28. The summed E-state index contributed by atoms with van der Waals surface area (Å²) in [7, 11) is 0. The average molecular weight is 288 g/mol. The highest BCUT2D eigenvalue weighted by atomic mass is 16.6. The Labute approximate surface area is 129 Å². The van der Waals surface area contributed by atoms with Gasteiger partial charge < -0.3 is 9.47 Å². The van der Waals surface area contributed by atoms with E-state index in [-0.39, 0.29) is 0 Å². The Bertz CT molecular complexity index is 421. The largest absolute Gasteiger partial charge is 0.491 e. The molecule has 0 aromatic heterocycles. The molecule has 2 rings (SSSR count). The molecule has 21 heavy (non-hydrogen) atoms. The molecule has 1 unspecified atom stereocenters. The molecule has 1 aromatic carbocycles. The first-order chi connectivity index (χ1) is 10.4. The lowest BCUT2D eigenvalue weighted by molar-refractivity contribution is 0.263. The molecule has 1 heterocycles. The normalized spacial score (nSPS) is 17.3. The number of hydrogen-bond donors (Lipinski definition) is 0. The van der Waals surface area contributed by atoms with Crippen molar-refractivity contribution in [2.24, 2.45) is 0 Å². The third-order valence-corrected chi connectivity index (χ3v) is 3.69. The first kappa shape index (κ1) is 16.1. The minimum absolute atomic E-state index is 0.328. The number of allylic oxidation sites excluding steroid dienone is 2. The van der Waals surface area contributed by atoms with Gasteiger partial charge in [0.25, 0.3) is 0 Å². The van der Waals surface area contributed by atoms with Crippen molar-refractivity contribution < 1.29 is 9.47 Å². The SMILES string of the molecule is CCC/C=C/CCCCCc1cccc(OCC2CO2)c1. The minimum atomic E-state index is 0.328. The Morgan fingerprint density at radius 2 is 2.05 bits per heavy atom. The van der Waals surface area contributed by atoms with Crippen LogP contribution in [0.5, 0.6) is 5.75 Å². The lowest BCUT2D eigenvalue weighted by Gasteiger charge is -2.06. The topological polar surface area (TPSA) is 21.8 Å². The van der Waals surface area contributed by atoms with Crippen LogP contribution >= 0.6 is 0 Å². The quantitative estimate of drug-likeness (QED) is 0.327. The van der Waals surface area contributed by atoms with Gasteiger partial charge in [-0.15, -0.1) is 0 Å². The molecule has 0 bridgehead atoms. The molecule has 0 spiro atoms. The summed E-state index contributed by atoms with van der Waals surface area (Å²) in [6, 6.07) is 8.49. The zero-order chi connectivity index (χ0) is 14.8. The molecule has 1 atom stereocenters. The fraction of sp³-hybridized carbons (Fsp3) is 0.579. The number of aryl methyl sites for hydroxylation is 1. The first-order valence-electron chi connectivity index (χ1n) is 8.37. The summed E-state index contributed by atoms with van der Waals surface area (Å²) >= 11 is 0. The van der Waals surface area contributed by atoms with Gasteiger partial charge in [0.2, 0.25) is 0 Å². The van der Waals surface area contributed by atoms with Crippen LogP contribution in [0.1, 0.15) is 51.0 Å². The highest BCUT2D eigenvalue weighted by Crippen LogP contribution is 2.18. The number of rotatable bonds is 11.